The lowest BCUT2D eigenvalue weighted by atomic mass is 10.0. The molecule has 0 aliphatic heterocycles. The molecule has 2 aliphatic carbocycles. The first kappa shape index (κ1) is 4.84. The Bertz CT molecular complexity index is 66.0. The lowest BCUT2D eigenvalue weighted by Crippen LogP contribution is -1.96. The molecule has 0 N–H and O–H groups in total. The summed E-state index contributed by atoms with van der Waals surface area (Å²) in [7, 11) is 0. The van der Waals surface area contributed by atoms with Gasteiger partial charge in [0.25, 0.3) is 0 Å². The maximum absolute atomic E-state index is 2.51. The molecule has 0 heteroatoms. The van der Waals surface area contributed by atoms with E-state index in [0.717, 1.165) is 11.8 Å². The van der Waals surface area contributed by atoms with Crippen molar-refractivity contribution in [2.45, 2.75) is 25.7 Å². The molecular formula is C8H12. The van der Waals surface area contributed by atoms with Gasteiger partial charge in [0.15, 0.2) is 0 Å². The van der Waals surface area contributed by atoms with E-state index in [9.17, 15) is 0 Å². The zero-order valence-corrected chi connectivity index (χ0v) is 5.14. The fraction of sp³-hybridized carbons (Fsp3) is 0.750. The van der Waals surface area contributed by atoms with Gasteiger partial charge < -0.3 is 0 Å². The summed E-state index contributed by atoms with van der Waals surface area (Å²) in [5.74, 6) is 1.99. The SMILES string of the molecule is [CH]1CCC2[CH]CCC12. The van der Waals surface area contributed by atoms with Crippen molar-refractivity contribution in [3.8, 4) is 0 Å². The molecular weight excluding hydrogens is 96.1 g/mol. The van der Waals surface area contributed by atoms with E-state index >= 15 is 0 Å². The second kappa shape index (κ2) is 1.75. The van der Waals surface area contributed by atoms with E-state index in [1.165, 1.54) is 25.7 Å². The number of hydrogen-bond donors (Lipinski definition) is 0. The quantitative estimate of drug-likeness (QED) is 0.446. The van der Waals surface area contributed by atoms with E-state index in [0.29, 0.717) is 0 Å². The van der Waals surface area contributed by atoms with E-state index in [4.69, 9.17) is 0 Å². The Morgan fingerprint density at radius 3 is 1.88 bits per heavy atom. The minimum absolute atomic E-state index is 0.995. The molecule has 2 saturated carbocycles. The summed E-state index contributed by atoms with van der Waals surface area (Å²) in [6.45, 7) is 0. The van der Waals surface area contributed by atoms with Crippen molar-refractivity contribution >= 4 is 0 Å². The molecule has 0 aromatic carbocycles. The average molecular weight is 108 g/mol. The second-order valence-corrected chi connectivity index (χ2v) is 2.95. The first-order chi connectivity index (χ1) is 3.97. The van der Waals surface area contributed by atoms with Gasteiger partial charge in [0, 0.05) is 0 Å². The lowest BCUT2D eigenvalue weighted by Gasteiger charge is -2.04. The van der Waals surface area contributed by atoms with Crippen molar-refractivity contribution in [1.82, 2.24) is 0 Å². The molecule has 2 fully saturated rings. The van der Waals surface area contributed by atoms with E-state index in [1.807, 2.05) is 0 Å². The van der Waals surface area contributed by atoms with E-state index in [-0.39, 0.29) is 0 Å². The molecule has 0 spiro atoms. The standard InChI is InChI=1S/C8H12/c1-3-7-5-2-6-8(7)4-1/h3,6-8H,1-2,4-5H2. The van der Waals surface area contributed by atoms with Crippen LogP contribution in [-0.2, 0) is 0 Å². The monoisotopic (exact) mass is 108 g/mol. The summed E-state index contributed by atoms with van der Waals surface area (Å²) >= 11 is 0. The van der Waals surface area contributed by atoms with Crippen molar-refractivity contribution in [2.75, 3.05) is 0 Å². The molecule has 0 aromatic heterocycles. The van der Waals surface area contributed by atoms with Crippen molar-refractivity contribution < 1.29 is 0 Å². The van der Waals surface area contributed by atoms with Crippen LogP contribution in [0.1, 0.15) is 25.7 Å². The summed E-state index contributed by atoms with van der Waals surface area (Å²) in [6.07, 6.45) is 10.7. The topological polar surface area (TPSA) is 0 Å². The van der Waals surface area contributed by atoms with Crippen LogP contribution in [0.3, 0.4) is 0 Å². The van der Waals surface area contributed by atoms with Crippen LogP contribution in [0.4, 0.5) is 0 Å². The van der Waals surface area contributed by atoms with E-state index in [2.05, 4.69) is 12.8 Å². The fourth-order valence-electron chi connectivity index (χ4n) is 2.02. The van der Waals surface area contributed by atoms with Crippen molar-refractivity contribution in [3.63, 3.8) is 0 Å². The van der Waals surface area contributed by atoms with Gasteiger partial charge in [-0.05, 0) is 50.4 Å². The third kappa shape index (κ3) is 0.586. The zero-order chi connectivity index (χ0) is 5.40. The van der Waals surface area contributed by atoms with Crippen LogP contribution in [0.25, 0.3) is 0 Å². The third-order valence-corrected chi connectivity index (χ3v) is 2.49. The van der Waals surface area contributed by atoms with Gasteiger partial charge in [0.2, 0.25) is 0 Å². The number of hydrogen-bond acceptors (Lipinski definition) is 0. The van der Waals surface area contributed by atoms with Crippen molar-refractivity contribution in [1.29, 1.82) is 0 Å². The van der Waals surface area contributed by atoms with Crippen LogP contribution in [0, 0.1) is 24.7 Å². The van der Waals surface area contributed by atoms with Crippen LogP contribution in [0.5, 0.6) is 0 Å². The first-order valence-corrected chi connectivity index (χ1v) is 3.63. The summed E-state index contributed by atoms with van der Waals surface area (Å²) < 4.78 is 0. The fourth-order valence-corrected chi connectivity index (χ4v) is 2.02. The Hall–Kier alpha value is 0. The van der Waals surface area contributed by atoms with Gasteiger partial charge in [0.05, 0.1) is 0 Å². The highest BCUT2D eigenvalue weighted by atomic mass is 14.4. The summed E-state index contributed by atoms with van der Waals surface area (Å²) in [5, 5.41) is 0. The highest BCUT2D eigenvalue weighted by Gasteiger charge is 2.31. The number of fused-ring (bicyclic) bond motifs is 1. The number of rotatable bonds is 0. The van der Waals surface area contributed by atoms with E-state index in [1.54, 1.807) is 0 Å². The molecule has 2 radical (unpaired) electrons. The molecule has 0 nitrogen and oxygen atoms in total. The maximum Gasteiger partial charge on any atom is -0.0352 e. The lowest BCUT2D eigenvalue weighted by molar-refractivity contribution is 0.538. The van der Waals surface area contributed by atoms with Gasteiger partial charge in [0.1, 0.15) is 0 Å². The van der Waals surface area contributed by atoms with Crippen LogP contribution < -0.4 is 0 Å². The molecule has 8 heavy (non-hydrogen) atoms. The van der Waals surface area contributed by atoms with E-state index < -0.39 is 0 Å². The van der Waals surface area contributed by atoms with Crippen LogP contribution in [0.15, 0.2) is 0 Å². The highest BCUT2D eigenvalue weighted by molar-refractivity contribution is 5.01. The predicted octanol–water partition coefficient (Wildman–Crippen LogP) is 2.21. The van der Waals surface area contributed by atoms with Gasteiger partial charge in [-0.25, -0.2) is 0 Å². The first-order valence-electron chi connectivity index (χ1n) is 3.63. The molecule has 2 unspecified atom stereocenters. The van der Waals surface area contributed by atoms with Crippen LogP contribution in [0.2, 0.25) is 0 Å². The average Bonchev–Trinajstić information content (AvgIpc) is 2.15. The van der Waals surface area contributed by atoms with Gasteiger partial charge in [-0.15, -0.1) is 0 Å². The van der Waals surface area contributed by atoms with Crippen molar-refractivity contribution in [3.05, 3.63) is 12.8 Å². The summed E-state index contributed by atoms with van der Waals surface area (Å²) in [4.78, 5) is 0. The second-order valence-electron chi connectivity index (χ2n) is 2.95. The highest BCUT2D eigenvalue weighted by Crippen LogP contribution is 2.42. The Labute approximate surface area is 51.3 Å². The van der Waals surface area contributed by atoms with Crippen molar-refractivity contribution in [2.24, 2.45) is 11.8 Å². The molecule has 44 valence electrons. The predicted molar refractivity (Wildman–Crippen MR) is 34.0 cm³/mol. The molecule has 0 heterocycles. The third-order valence-electron chi connectivity index (χ3n) is 2.49. The summed E-state index contributed by atoms with van der Waals surface area (Å²) in [5.41, 5.74) is 0. The Balaban J connectivity index is 2.04. The smallest absolute Gasteiger partial charge is 0.0352 e. The molecule has 0 aromatic rings. The molecule has 2 atom stereocenters. The van der Waals surface area contributed by atoms with Crippen LogP contribution in [-0.4, -0.2) is 0 Å². The molecule has 2 rings (SSSR count). The Morgan fingerprint density at radius 2 is 1.38 bits per heavy atom. The largest absolute Gasteiger partial charge is 0.0496 e. The van der Waals surface area contributed by atoms with Gasteiger partial charge in [-0.3, -0.25) is 0 Å². The van der Waals surface area contributed by atoms with Crippen LogP contribution >= 0.6 is 0 Å². The minimum atomic E-state index is 0.995. The molecule has 0 saturated heterocycles. The maximum atomic E-state index is 2.51. The molecule has 0 bridgehead atoms. The molecule has 0 amide bonds. The molecule has 2 aliphatic rings. The summed E-state index contributed by atoms with van der Waals surface area (Å²) in [6, 6.07) is 0. The van der Waals surface area contributed by atoms with Gasteiger partial charge in [-0.1, -0.05) is 0 Å². The van der Waals surface area contributed by atoms with Gasteiger partial charge in [-0.2, -0.15) is 0 Å². The normalized spacial score (nSPS) is 45.0. The minimum Gasteiger partial charge on any atom is -0.0496 e. The Kier molecular flexibility index (Phi) is 1.06. The Morgan fingerprint density at radius 1 is 0.875 bits per heavy atom. The van der Waals surface area contributed by atoms with Gasteiger partial charge >= 0.3 is 0 Å². The zero-order valence-electron chi connectivity index (χ0n) is 5.14.